The molecule has 0 radical (unpaired) electrons. The smallest absolute Gasteiger partial charge is 0.192 e. The first-order chi connectivity index (χ1) is 7.62. The number of rotatable bonds is 6. The average molecular weight is 258 g/mol. The highest BCUT2D eigenvalue weighted by Gasteiger charge is 2.39. The number of aliphatic hydroxyl groups excluding tert-OH is 1. The predicted molar refractivity (Wildman–Crippen MR) is 77.8 cm³/mol. The highest BCUT2D eigenvalue weighted by molar-refractivity contribution is 6.74. The van der Waals surface area contributed by atoms with Crippen LogP contribution in [0.5, 0.6) is 0 Å². The summed E-state index contributed by atoms with van der Waals surface area (Å²) in [6.07, 6.45) is 5.42. The maximum absolute atomic E-state index is 9.98. The summed E-state index contributed by atoms with van der Waals surface area (Å²) in [5.74, 6) is 0. The third kappa shape index (κ3) is 5.84. The lowest BCUT2D eigenvalue weighted by Gasteiger charge is -2.39. The molecule has 0 aromatic carbocycles. The van der Waals surface area contributed by atoms with Gasteiger partial charge < -0.3 is 9.53 Å². The Morgan fingerprint density at radius 2 is 1.82 bits per heavy atom. The summed E-state index contributed by atoms with van der Waals surface area (Å²) in [4.78, 5) is 0. The van der Waals surface area contributed by atoms with Crippen molar-refractivity contribution in [1.29, 1.82) is 0 Å². The molecule has 2 nitrogen and oxygen atoms in total. The third-order valence-electron chi connectivity index (χ3n) is 3.56. The van der Waals surface area contributed by atoms with E-state index in [0.717, 1.165) is 12.8 Å². The van der Waals surface area contributed by atoms with Crippen LogP contribution in [0.4, 0.5) is 0 Å². The van der Waals surface area contributed by atoms with Gasteiger partial charge in [0.05, 0.1) is 12.2 Å². The zero-order chi connectivity index (χ0) is 13.7. The van der Waals surface area contributed by atoms with Crippen molar-refractivity contribution in [3.8, 4) is 0 Å². The van der Waals surface area contributed by atoms with E-state index in [-0.39, 0.29) is 11.1 Å². The Balaban J connectivity index is 4.39. The van der Waals surface area contributed by atoms with Gasteiger partial charge in [0.25, 0.3) is 0 Å². The molecule has 0 aromatic rings. The minimum atomic E-state index is -1.77. The Hall–Kier alpha value is -0.123. The minimum Gasteiger partial charge on any atom is -0.411 e. The molecule has 0 rings (SSSR count). The van der Waals surface area contributed by atoms with Crippen LogP contribution in [0.1, 0.15) is 47.5 Å². The molecular weight excluding hydrogens is 228 g/mol. The summed E-state index contributed by atoms with van der Waals surface area (Å²) in [7, 11) is -1.77. The maximum Gasteiger partial charge on any atom is 0.192 e. The van der Waals surface area contributed by atoms with Crippen molar-refractivity contribution >= 4 is 8.32 Å². The number of hydrogen-bond acceptors (Lipinski definition) is 2. The van der Waals surface area contributed by atoms with Crippen molar-refractivity contribution in [3.63, 3.8) is 0 Å². The van der Waals surface area contributed by atoms with Gasteiger partial charge in [0.15, 0.2) is 8.32 Å². The van der Waals surface area contributed by atoms with Crippen molar-refractivity contribution < 1.29 is 9.53 Å². The second-order valence-electron chi connectivity index (χ2n) is 6.29. The Morgan fingerprint density at radius 3 is 2.24 bits per heavy atom. The van der Waals surface area contributed by atoms with E-state index < -0.39 is 14.4 Å². The third-order valence-corrected chi connectivity index (χ3v) is 8.13. The minimum absolute atomic E-state index is 0.121. The van der Waals surface area contributed by atoms with Gasteiger partial charge in [0.2, 0.25) is 0 Å². The van der Waals surface area contributed by atoms with Crippen molar-refractivity contribution in [2.75, 3.05) is 0 Å². The number of unbranched alkanes of at least 4 members (excludes halogenated alkanes) is 1. The topological polar surface area (TPSA) is 29.5 Å². The SMILES string of the molecule is CCCC=C[C@H](O)[C@H](C)O[Si](C)(C)C(C)(C)C. The Morgan fingerprint density at radius 1 is 1.29 bits per heavy atom. The molecule has 0 amide bonds. The lowest BCUT2D eigenvalue weighted by atomic mass is 10.2. The summed E-state index contributed by atoms with van der Waals surface area (Å²) in [6, 6.07) is 0. The van der Waals surface area contributed by atoms with Crippen LogP contribution in [0.3, 0.4) is 0 Å². The second kappa shape index (κ2) is 6.71. The van der Waals surface area contributed by atoms with E-state index in [4.69, 9.17) is 4.43 Å². The molecule has 0 fully saturated rings. The van der Waals surface area contributed by atoms with Gasteiger partial charge in [-0.3, -0.25) is 0 Å². The molecule has 0 spiro atoms. The first kappa shape index (κ1) is 16.9. The van der Waals surface area contributed by atoms with Gasteiger partial charge in [-0.05, 0) is 31.5 Å². The molecule has 17 heavy (non-hydrogen) atoms. The van der Waals surface area contributed by atoms with E-state index in [0.29, 0.717) is 0 Å². The molecule has 3 heteroatoms. The zero-order valence-electron chi connectivity index (χ0n) is 12.6. The molecular formula is C14H30O2Si. The molecule has 0 aliphatic carbocycles. The standard InChI is InChI=1S/C14H30O2Si/c1-8-9-10-11-13(15)12(2)16-17(6,7)14(3,4)5/h10-13,15H,8-9H2,1-7H3/t12-,13-/m0/s1. The van der Waals surface area contributed by atoms with Gasteiger partial charge in [-0.15, -0.1) is 0 Å². The van der Waals surface area contributed by atoms with Gasteiger partial charge >= 0.3 is 0 Å². The maximum atomic E-state index is 9.98. The monoisotopic (exact) mass is 258 g/mol. The van der Waals surface area contributed by atoms with Crippen molar-refractivity contribution in [2.24, 2.45) is 0 Å². The summed E-state index contributed by atoms with van der Waals surface area (Å²) in [5, 5.41) is 10.2. The molecule has 0 aliphatic rings. The average Bonchev–Trinajstić information content (AvgIpc) is 2.15. The lowest BCUT2D eigenvalue weighted by Crippen LogP contribution is -2.45. The zero-order valence-corrected chi connectivity index (χ0v) is 13.6. The number of hydrogen-bond donors (Lipinski definition) is 1. The lowest BCUT2D eigenvalue weighted by molar-refractivity contribution is 0.0691. The fourth-order valence-electron chi connectivity index (χ4n) is 1.27. The van der Waals surface area contributed by atoms with E-state index in [1.54, 1.807) is 0 Å². The van der Waals surface area contributed by atoms with Crippen LogP contribution < -0.4 is 0 Å². The van der Waals surface area contributed by atoms with E-state index in [1.807, 2.05) is 19.1 Å². The van der Waals surface area contributed by atoms with Crippen LogP contribution in [0.15, 0.2) is 12.2 Å². The molecule has 2 atom stereocenters. The van der Waals surface area contributed by atoms with Gasteiger partial charge in [-0.25, -0.2) is 0 Å². The molecule has 0 aliphatic heterocycles. The largest absolute Gasteiger partial charge is 0.411 e. The highest BCUT2D eigenvalue weighted by atomic mass is 28.4. The second-order valence-corrected chi connectivity index (χ2v) is 11.0. The van der Waals surface area contributed by atoms with Crippen LogP contribution in [0.25, 0.3) is 0 Å². The van der Waals surface area contributed by atoms with Crippen LogP contribution in [0, 0.1) is 0 Å². The molecule has 0 bridgehead atoms. The number of allylic oxidation sites excluding steroid dienone is 1. The number of aliphatic hydroxyl groups is 1. The van der Waals surface area contributed by atoms with Gasteiger partial charge in [-0.2, -0.15) is 0 Å². The van der Waals surface area contributed by atoms with Crippen molar-refractivity contribution in [1.82, 2.24) is 0 Å². The summed E-state index contributed by atoms with van der Waals surface area (Å²) in [6.45, 7) is 15.2. The Kier molecular flexibility index (Phi) is 6.67. The predicted octanol–water partition coefficient (Wildman–Crippen LogP) is 4.11. The van der Waals surface area contributed by atoms with Crippen molar-refractivity contribution in [2.45, 2.75) is 77.8 Å². The Labute approximate surface area is 108 Å². The molecule has 0 heterocycles. The van der Waals surface area contributed by atoms with Crippen LogP contribution >= 0.6 is 0 Å². The fourth-order valence-corrected chi connectivity index (χ4v) is 2.69. The summed E-state index contributed by atoms with van der Waals surface area (Å²) >= 11 is 0. The highest BCUT2D eigenvalue weighted by Crippen LogP contribution is 2.37. The van der Waals surface area contributed by atoms with Gasteiger partial charge in [0.1, 0.15) is 0 Å². The fraction of sp³-hybridized carbons (Fsp3) is 0.857. The van der Waals surface area contributed by atoms with Crippen LogP contribution in [-0.4, -0.2) is 25.6 Å². The molecule has 0 aromatic heterocycles. The van der Waals surface area contributed by atoms with E-state index in [2.05, 4.69) is 40.8 Å². The molecule has 1 N–H and O–H groups in total. The normalized spacial score (nSPS) is 17.4. The van der Waals surface area contributed by atoms with Crippen LogP contribution in [-0.2, 0) is 4.43 Å². The summed E-state index contributed by atoms with van der Waals surface area (Å²) < 4.78 is 6.13. The van der Waals surface area contributed by atoms with Crippen LogP contribution in [0.2, 0.25) is 18.1 Å². The first-order valence-electron chi connectivity index (χ1n) is 6.64. The molecule has 0 saturated heterocycles. The van der Waals surface area contributed by atoms with E-state index in [9.17, 15) is 5.11 Å². The quantitative estimate of drug-likeness (QED) is 0.574. The van der Waals surface area contributed by atoms with E-state index in [1.165, 1.54) is 0 Å². The van der Waals surface area contributed by atoms with Crippen molar-refractivity contribution in [3.05, 3.63) is 12.2 Å². The van der Waals surface area contributed by atoms with Gasteiger partial charge in [-0.1, -0.05) is 46.3 Å². The van der Waals surface area contributed by atoms with Gasteiger partial charge in [0, 0.05) is 0 Å². The first-order valence-corrected chi connectivity index (χ1v) is 9.55. The van der Waals surface area contributed by atoms with E-state index >= 15 is 0 Å². The molecule has 0 saturated carbocycles. The summed E-state index contributed by atoms with van der Waals surface area (Å²) in [5.41, 5.74) is 0. The molecule has 0 unspecified atom stereocenters. The molecule has 102 valence electrons. The Bertz CT molecular complexity index is 241.